The van der Waals surface area contributed by atoms with Crippen molar-refractivity contribution in [3.8, 4) is 17.2 Å². The van der Waals surface area contributed by atoms with E-state index in [0.29, 0.717) is 21.3 Å². The van der Waals surface area contributed by atoms with Crippen LogP contribution in [-0.4, -0.2) is 14.6 Å². The lowest BCUT2D eigenvalue weighted by molar-refractivity contribution is 1.10. The average Bonchev–Trinajstić information content (AvgIpc) is 2.84. The molecule has 0 radical (unpaired) electrons. The average molecular weight is 289 g/mol. The number of aromatic nitrogens is 3. The minimum atomic E-state index is 0.490. The van der Waals surface area contributed by atoms with E-state index in [0.717, 1.165) is 11.1 Å². The topological polar surface area (TPSA) is 54.0 Å². The molecule has 0 spiro atoms. The van der Waals surface area contributed by atoms with Crippen molar-refractivity contribution in [2.24, 2.45) is 0 Å². The lowest BCUT2D eigenvalue weighted by Crippen LogP contribution is -1.91. The fourth-order valence-electron chi connectivity index (χ4n) is 1.88. The number of hydrogen-bond acceptors (Lipinski definition) is 3. The van der Waals surface area contributed by atoms with Crippen molar-refractivity contribution in [3.63, 3.8) is 0 Å². The Kier molecular flexibility index (Phi) is 2.86. The highest BCUT2D eigenvalue weighted by Gasteiger charge is 2.11. The summed E-state index contributed by atoms with van der Waals surface area (Å²) in [7, 11) is 0. The van der Waals surface area contributed by atoms with Crippen LogP contribution in [0.15, 0.2) is 36.8 Å². The molecular formula is C13H6Cl2N4. The first-order valence-corrected chi connectivity index (χ1v) is 6.13. The first-order valence-electron chi connectivity index (χ1n) is 5.38. The van der Waals surface area contributed by atoms with Gasteiger partial charge in [-0.1, -0.05) is 29.3 Å². The Hall–Kier alpha value is -2.09. The number of nitriles is 1. The van der Waals surface area contributed by atoms with Gasteiger partial charge in [-0.3, -0.25) is 4.40 Å². The molecular weight excluding hydrogens is 283 g/mol. The standard InChI is InChI=1S/C13H6Cl2N4/c14-9-1-2-10(12(15)4-9)11-6-19-7-17-18-13(19)3-8(11)5-16/h1-4,6-7H. The van der Waals surface area contributed by atoms with Crippen molar-refractivity contribution in [2.75, 3.05) is 0 Å². The number of halogens is 2. The van der Waals surface area contributed by atoms with Gasteiger partial charge in [0.05, 0.1) is 11.6 Å². The fourth-order valence-corrected chi connectivity index (χ4v) is 2.40. The quantitative estimate of drug-likeness (QED) is 0.688. The first kappa shape index (κ1) is 12.0. The summed E-state index contributed by atoms with van der Waals surface area (Å²) in [5.41, 5.74) is 2.57. The van der Waals surface area contributed by atoms with Crippen LogP contribution in [0, 0.1) is 11.3 Å². The summed E-state index contributed by atoms with van der Waals surface area (Å²) in [5.74, 6) is 0. The van der Waals surface area contributed by atoms with E-state index in [2.05, 4.69) is 16.3 Å². The van der Waals surface area contributed by atoms with Crippen molar-refractivity contribution in [1.29, 1.82) is 5.26 Å². The van der Waals surface area contributed by atoms with E-state index in [9.17, 15) is 5.26 Å². The van der Waals surface area contributed by atoms with Crippen LogP contribution in [0.1, 0.15) is 5.56 Å². The summed E-state index contributed by atoms with van der Waals surface area (Å²) in [6.07, 6.45) is 3.35. The van der Waals surface area contributed by atoms with Crippen LogP contribution in [0.25, 0.3) is 16.8 Å². The zero-order chi connectivity index (χ0) is 13.4. The number of hydrogen-bond donors (Lipinski definition) is 0. The zero-order valence-corrected chi connectivity index (χ0v) is 11.0. The monoisotopic (exact) mass is 288 g/mol. The molecule has 3 aromatic rings. The summed E-state index contributed by atoms with van der Waals surface area (Å²) >= 11 is 12.1. The number of pyridine rings is 1. The molecule has 1 aromatic carbocycles. The summed E-state index contributed by atoms with van der Waals surface area (Å²) in [6, 6.07) is 8.99. The summed E-state index contributed by atoms with van der Waals surface area (Å²) in [6.45, 7) is 0. The predicted molar refractivity (Wildman–Crippen MR) is 73.2 cm³/mol. The Bertz CT molecular complexity index is 817. The van der Waals surface area contributed by atoms with Crippen molar-refractivity contribution in [1.82, 2.24) is 14.6 Å². The van der Waals surface area contributed by atoms with Crippen LogP contribution >= 0.6 is 23.2 Å². The van der Waals surface area contributed by atoms with Gasteiger partial charge in [0.1, 0.15) is 6.33 Å². The third-order valence-corrected chi connectivity index (χ3v) is 3.32. The molecule has 0 amide bonds. The summed E-state index contributed by atoms with van der Waals surface area (Å²) in [4.78, 5) is 0. The van der Waals surface area contributed by atoms with Gasteiger partial charge in [0.25, 0.3) is 0 Å². The van der Waals surface area contributed by atoms with E-state index in [1.54, 1.807) is 41.2 Å². The van der Waals surface area contributed by atoms with Crippen molar-refractivity contribution >= 4 is 28.8 Å². The molecule has 0 unspecified atom stereocenters. The highest BCUT2D eigenvalue weighted by atomic mass is 35.5. The molecule has 19 heavy (non-hydrogen) atoms. The van der Waals surface area contributed by atoms with Crippen LogP contribution in [-0.2, 0) is 0 Å². The molecule has 2 aromatic heterocycles. The van der Waals surface area contributed by atoms with Crippen LogP contribution in [0.5, 0.6) is 0 Å². The largest absolute Gasteiger partial charge is 0.288 e. The Morgan fingerprint density at radius 3 is 2.74 bits per heavy atom. The third kappa shape index (κ3) is 2.03. The van der Waals surface area contributed by atoms with Gasteiger partial charge in [0.2, 0.25) is 0 Å². The highest BCUT2D eigenvalue weighted by molar-refractivity contribution is 6.36. The summed E-state index contributed by atoms with van der Waals surface area (Å²) in [5, 5.41) is 18.0. The second-order valence-corrected chi connectivity index (χ2v) is 4.78. The minimum absolute atomic E-state index is 0.490. The van der Waals surface area contributed by atoms with Gasteiger partial charge in [-0.2, -0.15) is 5.26 Å². The number of nitrogens with zero attached hydrogens (tertiary/aromatic N) is 4. The van der Waals surface area contributed by atoms with Crippen LogP contribution in [0.4, 0.5) is 0 Å². The molecule has 0 atom stereocenters. The van der Waals surface area contributed by atoms with E-state index < -0.39 is 0 Å². The molecule has 0 bridgehead atoms. The van der Waals surface area contributed by atoms with Gasteiger partial charge in [-0.05, 0) is 12.1 Å². The maximum Gasteiger partial charge on any atom is 0.161 e. The Balaban J connectivity index is 2.31. The lowest BCUT2D eigenvalue weighted by atomic mass is 10.0. The van der Waals surface area contributed by atoms with E-state index in [1.807, 2.05) is 0 Å². The maximum atomic E-state index is 9.25. The van der Waals surface area contributed by atoms with Gasteiger partial charge >= 0.3 is 0 Å². The van der Waals surface area contributed by atoms with Crippen molar-refractivity contribution in [2.45, 2.75) is 0 Å². The smallest absolute Gasteiger partial charge is 0.161 e. The second-order valence-electron chi connectivity index (χ2n) is 3.93. The molecule has 0 aliphatic heterocycles. The molecule has 0 aliphatic carbocycles. The molecule has 2 heterocycles. The maximum absolute atomic E-state index is 9.25. The van der Waals surface area contributed by atoms with Crippen LogP contribution in [0.2, 0.25) is 10.0 Å². The SMILES string of the molecule is N#Cc1cc2nncn2cc1-c1ccc(Cl)cc1Cl. The van der Waals surface area contributed by atoms with Gasteiger partial charge in [-0.15, -0.1) is 10.2 Å². The minimum Gasteiger partial charge on any atom is -0.288 e. The van der Waals surface area contributed by atoms with Crippen LogP contribution < -0.4 is 0 Å². The molecule has 6 heteroatoms. The Labute approximate surface area is 118 Å². The second kappa shape index (κ2) is 4.54. The van der Waals surface area contributed by atoms with Gasteiger partial charge in [0, 0.05) is 33.4 Å². The molecule has 4 nitrogen and oxygen atoms in total. The molecule has 0 N–H and O–H groups in total. The Morgan fingerprint density at radius 2 is 2.00 bits per heavy atom. The molecule has 0 saturated heterocycles. The van der Waals surface area contributed by atoms with Gasteiger partial charge < -0.3 is 0 Å². The number of fused-ring (bicyclic) bond motifs is 1. The molecule has 92 valence electrons. The normalized spacial score (nSPS) is 10.6. The fraction of sp³-hybridized carbons (Fsp3) is 0. The molecule has 3 rings (SSSR count). The van der Waals surface area contributed by atoms with E-state index >= 15 is 0 Å². The Morgan fingerprint density at radius 1 is 1.16 bits per heavy atom. The van der Waals surface area contributed by atoms with E-state index in [1.165, 1.54) is 0 Å². The van der Waals surface area contributed by atoms with E-state index in [4.69, 9.17) is 23.2 Å². The molecule has 0 aliphatic rings. The zero-order valence-electron chi connectivity index (χ0n) is 9.51. The van der Waals surface area contributed by atoms with Gasteiger partial charge in [0.15, 0.2) is 5.65 Å². The first-order chi connectivity index (χ1) is 9.19. The molecule has 0 fully saturated rings. The summed E-state index contributed by atoms with van der Waals surface area (Å²) < 4.78 is 1.74. The van der Waals surface area contributed by atoms with Crippen molar-refractivity contribution < 1.29 is 0 Å². The third-order valence-electron chi connectivity index (χ3n) is 2.77. The van der Waals surface area contributed by atoms with Crippen LogP contribution in [0.3, 0.4) is 0 Å². The number of benzene rings is 1. The number of rotatable bonds is 1. The molecule has 0 saturated carbocycles. The van der Waals surface area contributed by atoms with Gasteiger partial charge in [-0.25, -0.2) is 0 Å². The predicted octanol–water partition coefficient (Wildman–Crippen LogP) is 3.57. The van der Waals surface area contributed by atoms with Crippen molar-refractivity contribution in [3.05, 3.63) is 52.4 Å². The highest BCUT2D eigenvalue weighted by Crippen LogP contribution is 2.32. The lowest BCUT2D eigenvalue weighted by Gasteiger charge is -2.07. The van der Waals surface area contributed by atoms with E-state index in [-0.39, 0.29) is 0 Å².